The van der Waals surface area contributed by atoms with Crippen molar-refractivity contribution in [2.75, 3.05) is 6.61 Å². The van der Waals surface area contributed by atoms with Gasteiger partial charge in [0.15, 0.2) is 0 Å². The van der Waals surface area contributed by atoms with Crippen LogP contribution in [0.4, 0.5) is 0 Å². The second-order valence-corrected chi connectivity index (χ2v) is 5.86. The van der Waals surface area contributed by atoms with Gasteiger partial charge in [-0.3, -0.25) is 11.3 Å². The van der Waals surface area contributed by atoms with Crippen molar-refractivity contribution in [1.29, 1.82) is 0 Å². The number of hydrogen-bond acceptors (Lipinski definition) is 3. The molecule has 3 N–H and O–H groups in total. The molecular weight excluding hydrogens is 248 g/mol. The van der Waals surface area contributed by atoms with Crippen molar-refractivity contribution in [3.05, 3.63) is 35.4 Å². The zero-order chi connectivity index (χ0) is 14.4. The van der Waals surface area contributed by atoms with Gasteiger partial charge in [0, 0.05) is 12.6 Å². The van der Waals surface area contributed by atoms with E-state index >= 15 is 0 Å². The summed E-state index contributed by atoms with van der Waals surface area (Å²) in [5.74, 6) is 6.48. The summed E-state index contributed by atoms with van der Waals surface area (Å²) in [6.45, 7) is 5.10. The van der Waals surface area contributed by atoms with Gasteiger partial charge < -0.3 is 4.74 Å². The monoisotopic (exact) mass is 276 g/mol. The van der Waals surface area contributed by atoms with Crippen molar-refractivity contribution in [1.82, 2.24) is 5.43 Å². The van der Waals surface area contributed by atoms with Crippen LogP contribution >= 0.6 is 0 Å². The quantitative estimate of drug-likeness (QED) is 0.565. The standard InChI is InChI=1S/C17H28N2O/c1-3-5-13-6-8-15(9-7-13)17(19-18)12-14-10-16(11-14)20-4-2/h6-9,14,16-17,19H,3-5,10-12,18H2,1-2H3. The van der Waals surface area contributed by atoms with Crippen molar-refractivity contribution in [3.8, 4) is 0 Å². The first-order chi connectivity index (χ1) is 9.76. The van der Waals surface area contributed by atoms with Crippen LogP contribution in [0.25, 0.3) is 0 Å². The molecule has 0 aliphatic heterocycles. The summed E-state index contributed by atoms with van der Waals surface area (Å²) in [5.41, 5.74) is 5.68. The highest BCUT2D eigenvalue weighted by Crippen LogP contribution is 2.36. The van der Waals surface area contributed by atoms with Crippen LogP contribution < -0.4 is 11.3 Å². The maximum atomic E-state index is 5.74. The molecule has 0 heterocycles. The van der Waals surface area contributed by atoms with E-state index in [2.05, 4.69) is 43.5 Å². The Bertz CT molecular complexity index is 384. The molecule has 0 aromatic heterocycles. The molecule has 1 aliphatic carbocycles. The Balaban J connectivity index is 1.85. The third-order valence-corrected chi connectivity index (χ3v) is 4.29. The fourth-order valence-corrected chi connectivity index (χ4v) is 3.08. The highest BCUT2D eigenvalue weighted by Gasteiger charge is 2.31. The molecular formula is C17H28N2O. The van der Waals surface area contributed by atoms with Gasteiger partial charge in [-0.1, -0.05) is 37.6 Å². The Kier molecular flexibility index (Phi) is 6.02. The molecule has 1 fully saturated rings. The summed E-state index contributed by atoms with van der Waals surface area (Å²) in [5, 5.41) is 0. The molecule has 0 saturated heterocycles. The molecule has 0 bridgehead atoms. The molecule has 1 unspecified atom stereocenters. The first-order valence-corrected chi connectivity index (χ1v) is 7.93. The van der Waals surface area contributed by atoms with E-state index in [9.17, 15) is 0 Å². The predicted molar refractivity (Wildman–Crippen MR) is 83.3 cm³/mol. The third kappa shape index (κ3) is 4.05. The molecule has 3 nitrogen and oxygen atoms in total. The number of ether oxygens (including phenoxy) is 1. The van der Waals surface area contributed by atoms with Crippen LogP contribution in [0.3, 0.4) is 0 Å². The molecule has 0 radical (unpaired) electrons. The number of rotatable bonds is 8. The molecule has 3 heteroatoms. The van der Waals surface area contributed by atoms with E-state index in [1.165, 1.54) is 30.4 Å². The average Bonchev–Trinajstić information content (AvgIpc) is 2.43. The Morgan fingerprint density at radius 2 is 1.95 bits per heavy atom. The number of nitrogens with one attached hydrogen (secondary N) is 1. The number of hydrogen-bond donors (Lipinski definition) is 2. The average molecular weight is 276 g/mol. The van der Waals surface area contributed by atoms with Crippen LogP contribution in [0.15, 0.2) is 24.3 Å². The SMILES string of the molecule is CCCc1ccc(C(CC2CC(OCC)C2)NN)cc1. The number of benzene rings is 1. The largest absolute Gasteiger partial charge is 0.378 e. The number of aryl methyl sites for hydroxylation is 1. The van der Waals surface area contributed by atoms with E-state index in [0.717, 1.165) is 25.4 Å². The van der Waals surface area contributed by atoms with Crippen LogP contribution in [0.2, 0.25) is 0 Å². The summed E-state index contributed by atoms with van der Waals surface area (Å²) in [4.78, 5) is 0. The molecule has 1 atom stereocenters. The molecule has 0 spiro atoms. The van der Waals surface area contributed by atoms with Crippen LogP contribution in [0, 0.1) is 5.92 Å². The third-order valence-electron chi connectivity index (χ3n) is 4.29. The van der Waals surface area contributed by atoms with Gasteiger partial charge in [-0.15, -0.1) is 0 Å². The fourth-order valence-electron chi connectivity index (χ4n) is 3.08. The highest BCUT2D eigenvalue weighted by molar-refractivity contribution is 5.25. The summed E-state index contributed by atoms with van der Waals surface area (Å²) in [6, 6.07) is 9.15. The summed E-state index contributed by atoms with van der Waals surface area (Å²) in [7, 11) is 0. The Hall–Kier alpha value is -0.900. The van der Waals surface area contributed by atoms with Gasteiger partial charge in [-0.05, 0) is 49.7 Å². The minimum atomic E-state index is 0.262. The van der Waals surface area contributed by atoms with Gasteiger partial charge in [-0.25, -0.2) is 0 Å². The maximum absolute atomic E-state index is 5.74. The van der Waals surface area contributed by atoms with E-state index < -0.39 is 0 Å². The first kappa shape index (κ1) is 15.5. The van der Waals surface area contributed by atoms with E-state index in [1.54, 1.807) is 0 Å². The van der Waals surface area contributed by atoms with Crippen molar-refractivity contribution in [2.24, 2.45) is 11.8 Å². The lowest BCUT2D eigenvalue weighted by Crippen LogP contribution is -2.36. The lowest BCUT2D eigenvalue weighted by Gasteiger charge is -2.37. The maximum Gasteiger partial charge on any atom is 0.0580 e. The zero-order valence-corrected chi connectivity index (χ0v) is 12.8. The van der Waals surface area contributed by atoms with E-state index in [1.807, 2.05) is 0 Å². The van der Waals surface area contributed by atoms with Crippen LogP contribution in [-0.4, -0.2) is 12.7 Å². The Morgan fingerprint density at radius 1 is 1.25 bits per heavy atom. The Morgan fingerprint density at radius 3 is 2.50 bits per heavy atom. The molecule has 20 heavy (non-hydrogen) atoms. The van der Waals surface area contributed by atoms with Gasteiger partial charge in [0.25, 0.3) is 0 Å². The zero-order valence-electron chi connectivity index (χ0n) is 12.8. The molecule has 1 aromatic rings. The minimum absolute atomic E-state index is 0.262. The normalized spacial score (nSPS) is 23.4. The highest BCUT2D eigenvalue weighted by atomic mass is 16.5. The van der Waals surface area contributed by atoms with Crippen molar-refractivity contribution in [2.45, 2.75) is 58.1 Å². The molecule has 1 saturated carbocycles. The van der Waals surface area contributed by atoms with Crippen molar-refractivity contribution in [3.63, 3.8) is 0 Å². The Labute approximate surface area is 122 Å². The second-order valence-electron chi connectivity index (χ2n) is 5.86. The number of hydrazine groups is 1. The van der Waals surface area contributed by atoms with Crippen molar-refractivity contribution >= 4 is 0 Å². The van der Waals surface area contributed by atoms with Crippen LogP contribution in [-0.2, 0) is 11.2 Å². The lowest BCUT2D eigenvalue weighted by molar-refractivity contribution is -0.0291. The summed E-state index contributed by atoms with van der Waals surface area (Å²) < 4.78 is 5.62. The molecule has 2 rings (SSSR count). The fraction of sp³-hybridized carbons (Fsp3) is 0.647. The van der Waals surface area contributed by atoms with Gasteiger partial charge >= 0.3 is 0 Å². The van der Waals surface area contributed by atoms with Crippen LogP contribution in [0.1, 0.15) is 56.7 Å². The summed E-state index contributed by atoms with van der Waals surface area (Å²) in [6.07, 6.45) is 6.29. The molecule has 112 valence electrons. The van der Waals surface area contributed by atoms with Gasteiger partial charge in [0.2, 0.25) is 0 Å². The van der Waals surface area contributed by atoms with Gasteiger partial charge in [0.1, 0.15) is 0 Å². The predicted octanol–water partition coefficient (Wildman–Crippen LogP) is 3.35. The van der Waals surface area contributed by atoms with E-state index in [4.69, 9.17) is 10.6 Å². The molecule has 0 amide bonds. The molecule has 1 aliphatic rings. The minimum Gasteiger partial charge on any atom is -0.378 e. The van der Waals surface area contributed by atoms with Crippen LogP contribution in [0.5, 0.6) is 0 Å². The molecule has 1 aromatic carbocycles. The second kappa shape index (κ2) is 7.77. The number of nitrogens with two attached hydrogens (primary N) is 1. The first-order valence-electron chi connectivity index (χ1n) is 7.93. The van der Waals surface area contributed by atoms with E-state index in [0.29, 0.717) is 6.10 Å². The summed E-state index contributed by atoms with van der Waals surface area (Å²) >= 11 is 0. The van der Waals surface area contributed by atoms with E-state index in [-0.39, 0.29) is 6.04 Å². The van der Waals surface area contributed by atoms with Crippen molar-refractivity contribution < 1.29 is 4.74 Å². The van der Waals surface area contributed by atoms with Gasteiger partial charge in [0.05, 0.1) is 6.10 Å². The topological polar surface area (TPSA) is 47.3 Å². The smallest absolute Gasteiger partial charge is 0.0580 e. The lowest BCUT2D eigenvalue weighted by atomic mass is 9.77. The van der Waals surface area contributed by atoms with Gasteiger partial charge in [-0.2, -0.15) is 0 Å².